The molecule has 14 rings (SSSR count). The van der Waals surface area contributed by atoms with Crippen LogP contribution >= 0.6 is 0 Å². The summed E-state index contributed by atoms with van der Waals surface area (Å²) in [4.78, 5) is 2.43. The van der Waals surface area contributed by atoms with Crippen LogP contribution in [0, 0.1) is 0 Å². The van der Waals surface area contributed by atoms with E-state index in [1.807, 2.05) is 0 Å². The lowest BCUT2D eigenvalue weighted by atomic mass is 9.67. The zero-order valence-corrected chi connectivity index (χ0v) is 41.9. The summed E-state index contributed by atoms with van der Waals surface area (Å²) >= 11 is 0. The first-order chi connectivity index (χ1) is 37.7. The molecule has 0 aromatic heterocycles. The third kappa shape index (κ3) is 7.55. The summed E-state index contributed by atoms with van der Waals surface area (Å²) in [5, 5.41) is 4.99. The Morgan fingerprint density at radius 3 is 1.13 bits per heavy atom. The smallest absolute Gasteiger partial charge is 0.0714 e. The zero-order valence-electron chi connectivity index (χ0n) is 41.9. The first kappa shape index (κ1) is 44.8. The number of anilines is 3. The summed E-state index contributed by atoms with van der Waals surface area (Å²) in [5.74, 6) is 0. The molecule has 0 amide bonds. The third-order valence-electron chi connectivity index (χ3n) is 15.8. The molecule has 0 bridgehead atoms. The number of rotatable bonds is 10. The maximum absolute atomic E-state index is 2.46. The van der Waals surface area contributed by atoms with E-state index in [0.29, 0.717) is 0 Å². The second-order valence-electron chi connectivity index (χ2n) is 19.9. The normalized spacial score (nSPS) is 12.3. The molecule has 0 saturated heterocycles. The van der Waals surface area contributed by atoms with Crippen LogP contribution in [0.2, 0.25) is 0 Å². The van der Waals surface area contributed by atoms with Gasteiger partial charge in [-0.1, -0.05) is 267 Å². The molecule has 356 valence electrons. The van der Waals surface area contributed by atoms with E-state index in [4.69, 9.17) is 0 Å². The van der Waals surface area contributed by atoms with Gasteiger partial charge in [0, 0.05) is 17.1 Å². The van der Waals surface area contributed by atoms with Crippen LogP contribution in [-0.2, 0) is 5.41 Å². The SMILES string of the molecule is c1ccc(-c2ccc(-c3ccc(N(c4ccc(-c5ccc6c(c5)c(-c5ccccc5)c(-c5ccccc5)c5ccccc56)cc4)c4ccc5c(c4)C(c4ccccc4)(c4ccccc4)c4ccccc4-5)cc3)cc2)cc1. The minimum absolute atomic E-state index is 0.532. The summed E-state index contributed by atoms with van der Waals surface area (Å²) in [6.07, 6.45) is 0. The highest BCUT2D eigenvalue weighted by molar-refractivity contribution is 6.22. The molecule has 1 aliphatic rings. The van der Waals surface area contributed by atoms with E-state index in [1.54, 1.807) is 0 Å². The van der Waals surface area contributed by atoms with Crippen LogP contribution < -0.4 is 4.90 Å². The van der Waals surface area contributed by atoms with Crippen molar-refractivity contribution < 1.29 is 0 Å². The van der Waals surface area contributed by atoms with Crippen LogP contribution in [0.1, 0.15) is 22.3 Å². The van der Waals surface area contributed by atoms with Gasteiger partial charge in [-0.25, -0.2) is 0 Å². The van der Waals surface area contributed by atoms with Crippen molar-refractivity contribution in [1.29, 1.82) is 0 Å². The number of nitrogens with zero attached hydrogens (tertiary/aromatic N) is 1. The minimum atomic E-state index is -0.532. The molecule has 1 heteroatoms. The van der Waals surface area contributed by atoms with E-state index in [0.717, 1.165) is 22.6 Å². The molecule has 0 N–H and O–H groups in total. The summed E-state index contributed by atoms with van der Waals surface area (Å²) in [6.45, 7) is 0. The van der Waals surface area contributed by atoms with Crippen LogP contribution in [0.5, 0.6) is 0 Å². The molecule has 13 aromatic rings. The van der Waals surface area contributed by atoms with Crippen molar-refractivity contribution in [3.8, 4) is 66.8 Å². The van der Waals surface area contributed by atoms with E-state index >= 15 is 0 Å². The summed E-state index contributed by atoms with van der Waals surface area (Å²) in [7, 11) is 0. The molecule has 0 saturated carbocycles. The molecule has 0 aliphatic heterocycles. The first-order valence-corrected chi connectivity index (χ1v) is 26.3. The van der Waals surface area contributed by atoms with Gasteiger partial charge in [0.15, 0.2) is 0 Å². The third-order valence-corrected chi connectivity index (χ3v) is 15.8. The Morgan fingerprint density at radius 2 is 0.579 bits per heavy atom. The molecule has 0 unspecified atom stereocenters. The Bertz CT molecular complexity index is 4170. The molecular formula is C75H51N. The Kier molecular flexibility index (Phi) is 11.2. The molecule has 76 heavy (non-hydrogen) atoms. The Morgan fingerprint density at radius 1 is 0.211 bits per heavy atom. The van der Waals surface area contributed by atoms with Crippen LogP contribution in [0.15, 0.2) is 309 Å². The lowest BCUT2D eigenvalue weighted by molar-refractivity contribution is 0.768. The maximum atomic E-state index is 2.46. The fraction of sp³-hybridized carbons (Fsp3) is 0.0133. The van der Waals surface area contributed by atoms with Gasteiger partial charge in [0.25, 0.3) is 0 Å². The number of hydrogen-bond acceptors (Lipinski definition) is 1. The van der Waals surface area contributed by atoms with Gasteiger partial charge in [-0.15, -0.1) is 0 Å². The van der Waals surface area contributed by atoms with E-state index in [-0.39, 0.29) is 0 Å². The van der Waals surface area contributed by atoms with Gasteiger partial charge in [0.2, 0.25) is 0 Å². The van der Waals surface area contributed by atoms with Gasteiger partial charge in [0.1, 0.15) is 0 Å². The number of fused-ring (bicyclic) bond motifs is 6. The molecule has 0 spiro atoms. The Labute approximate surface area is 444 Å². The average molecular weight is 966 g/mol. The lowest BCUT2D eigenvalue weighted by Crippen LogP contribution is -2.28. The second-order valence-corrected chi connectivity index (χ2v) is 19.9. The van der Waals surface area contributed by atoms with E-state index in [2.05, 4.69) is 314 Å². The van der Waals surface area contributed by atoms with E-state index in [1.165, 1.54) is 105 Å². The maximum Gasteiger partial charge on any atom is 0.0714 e. The predicted octanol–water partition coefficient (Wildman–Crippen LogP) is 20.2. The van der Waals surface area contributed by atoms with Crippen LogP contribution in [0.4, 0.5) is 17.1 Å². The standard InChI is InChI=1S/C75H51N/c1-6-20-52(21-7-1)53-34-36-54(37-35-53)55-38-43-62(44-39-55)76(64-47-49-68-67-31-18-19-33-71(67)75(72(68)51-64,60-26-12-4-13-27-60)61-28-14-5-15-29-61)63-45-40-56(41-46-63)59-42-48-66-65-30-16-17-32-69(65)73(57-22-8-2-9-23-57)74(70(66)50-59)58-24-10-3-11-25-58/h1-51H. The largest absolute Gasteiger partial charge is 0.310 e. The van der Waals surface area contributed by atoms with Gasteiger partial charge < -0.3 is 4.90 Å². The van der Waals surface area contributed by atoms with Crippen molar-refractivity contribution in [3.63, 3.8) is 0 Å². The summed E-state index contributed by atoms with van der Waals surface area (Å²) in [6, 6.07) is 114. The van der Waals surface area contributed by atoms with Crippen molar-refractivity contribution in [2.45, 2.75) is 5.41 Å². The van der Waals surface area contributed by atoms with Crippen molar-refractivity contribution in [3.05, 3.63) is 332 Å². The van der Waals surface area contributed by atoms with Gasteiger partial charge in [-0.3, -0.25) is 0 Å². The van der Waals surface area contributed by atoms with Crippen molar-refractivity contribution in [1.82, 2.24) is 0 Å². The molecule has 0 radical (unpaired) electrons. The molecule has 13 aromatic carbocycles. The van der Waals surface area contributed by atoms with E-state index < -0.39 is 5.41 Å². The van der Waals surface area contributed by atoms with Crippen molar-refractivity contribution in [2.75, 3.05) is 4.90 Å². The highest BCUT2D eigenvalue weighted by Gasteiger charge is 2.46. The molecular weight excluding hydrogens is 915 g/mol. The van der Waals surface area contributed by atoms with Crippen molar-refractivity contribution >= 4 is 38.6 Å². The Hall–Kier alpha value is -9.82. The topological polar surface area (TPSA) is 3.24 Å². The van der Waals surface area contributed by atoms with Gasteiger partial charge >= 0.3 is 0 Å². The summed E-state index contributed by atoms with van der Waals surface area (Å²) in [5.41, 5.74) is 22.3. The predicted molar refractivity (Wildman–Crippen MR) is 321 cm³/mol. The summed E-state index contributed by atoms with van der Waals surface area (Å²) < 4.78 is 0. The fourth-order valence-electron chi connectivity index (χ4n) is 12.3. The molecule has 0 fully saturated rings. The monoisotopic (exact) mass is 965 g/mol. The van der Waals surface area contributed by atoms with Crippen LogP contribution in [-0.4, -0.2) is 0 Å². The van der Waals surface area contributed by atoms with Crippen molar-refractivity contribution in [2.24, 2.45) is 0 Å². The first-order valence-electron chi connectivity index (χ1n) is 26.3. The van der Waals surface area contributed by atoms with E-state index in [9.17, 15) is 0 Å². The number of hydrogen-bond donors (Lipinski definition) is 0. The van der Waals surface area contributed by atoms with Gasteiger partial charge in [0.05, 0.1) is 5.41 Å². The Balaban J connectivity index is 0.925. The van der Waals surface area contributed by atoms with Gasteiger partial charge in [-0.05, 0) is 153 Å². The number of benzene rings is 13. The molecule has 0 atom stereocenters. The minimum Gasteiger partial charge on any atom is -0.310 e. The van der Waals surface area contributed by atoms with Crippen LogP contribution in [0.3, 0.4) is 0 Å². The fourth-order valence-corrected chi connectivity index (χ4v) is 12.3. The molecule has 0 heterocycles. The lowest BCUT2D eigenvalue weighted by Gasteiger charge is -2.35. The highest BCUT2D eigenvalue weighted by atomic mass is 15.1. The van der Waals surface area contributed by atoms with Gasteiger partial charge in [-0.2, -0.15) is 0 Å². The second kappa shape index (κ2) is 18.9. The quantitative estimate of drug-likeness (QED) is 0.123. The molecule has 1 aliphatic carbocycles. The average Bonchev–Trinajstić information content (AvgIpc) is 3.91. The van der Waals surface area contributed by atoms with Crippen LogP contribution in [0.25, 0.3) is 88.3 Å². The molecule has 1 nitrogen and oxygen atoms in total. The highest BCUT2D eigenvalue weighted by Crippen LogP contribution is 2.57. The zero-order chi connectivity index (χ0) is 50.4.